The van der Waals surface area contributed by atoms with Crippen molar-refractivity contribution < 1.29 is 19.8 Å². The van der Waals surface area contributed by atoms with Crippen molar-refractivity contribution >= 4 is 11.9 Å². The van der Waals surface area contributed by atoms with Gasteiger partial charge in [0.05, 0.1) is 11.1 Å². The molecule has 0 saturated heterocycles. The van der Waals surface area contributed by atoms with Gasteiger partial charge in [0.2, 0.25) is 0 Å². The Morgan fingerprint density at radius 2 is 1.82 bits per heavy atom. The molecule has 0 spiro atoms. The molecule has 1 aromatic carbocycles. The second-order valence-electron chi connectivity index (χ2n) is 6.81. The molecule has 0 bridgehead atoms. The topological polar surface area (TPSA) is 74.6 Å². The zero-order chi connectivity index (χ0) is 16.4. The van der Waals surface area contributed by atoms with Gasteiger partial charge >= 0.3 is 11.9 Å². The number of carbonyl (C=O) groups is 2. The maximum atomic E-state index is 11.7. The molecule has 1 aromatic rings. The van der Waals surface area contributed by atoms with Gasteiger partial charge in [0, 0.05) is 0 Å². The molecule has 2 unspecified atom stereocenters. The molecule has 4 heteroatoms. The highest BCUT2D eigenvalue weighted by molar-refractivity contribution is 6.02. The maximum Gasteiger partial charge on any atom is 0.336 e. The Morgan fingerprint density at radius 3 is 2.36 bits per heavy atom. The normalized spacial score (nSPS) is 25.2. The molecule has 1 aliphatic carbocycles. The fourth-order valence-electron chi connectivity index (χ4n) is 3.86. The smallest absolute Gasteiger partial charge is 0.336 e. The first kappa shape index (κ1) is 16.5. The average Bonchev–Trinajstić information content (AvgIpc) is 2.45. The van der Waals surface area contributed by atoms with Crippen molar-refractivity contribution in [1.29, 1.82) is 0 Å². The van der Waals surface area contributed by atoms with E-state index in [4.69, 9.17) is 0 Å². The highest BCUT2D eigenvalue weighted by Gasteiger charge is 2.35. The van der Waals surface area contributed by atoms with E-state index in [2.05, 4.69) is 20.8 Å². The molecule has 1 saturated carbocycles. The van der Waals surface area contributed by atoms with Gasteiger partial charge in [0.15, 0.2) is 0 Å². The van der Waals surface area contributed by atoms with Crippen LogP contribution in [-0.4, -0.2) is 22.2 Å². The van der Waals surface area contributed by atoms with Crippen molar-refractivity contribution in [3.8, 4) is 0 Å². The SMILES string of the molecule is CC(C)C1CC[C@H](C)CC1c1cccc(C(=O)O)c1C(=O)O. The quantitative estimate of drug-likeness (QED) is 0.871. The van der Waals surface area contributed by atoms with E-state index in [-0.39, 0.29) is 17.0 Å². The zero-order valence-electron chi connectivity index (χ0n) is 13.4. The number of hydrogen-bond acceptors (Lipinski definition) is 2. The lowest BCUT2D eigenvalue weighted by atomic mass is 9.66. The lowest BCUT2D eigenvalue weighted by Crippen LogP contribution is -2.28. The monoisotopic (exact) mass is 304 g/mol. The fraction of sp³-hybridized carbons (Fsp3) is 0.556. The van der Waals surface area contributed by atoms with Crippen molar-refractivity contribution in [3.63, 3.8) is 0 Å². The van der Waals surface area contributed by atoms with Gasteiger partial charge in [0.1, 0.15) is 0 Å². The van der Waals surface area contributed by atoms with Gasteiger partial charge in [0.25, 0.3) is 0 Å². The highest BCUT2D eigenvalue weighted by atomic mass is 16.4. The molecule has 3 atom stereocenters. The second kappa shape index (κ2) is 6.51. The molecule has 1 fully saturated rings. The first-order valence-electron chi connectivity index (χ1n) is 7.92. The molecule has 0 amide bonds. The Balaban J connectivity index is 2.56. The predicted octanol–water partition coefficient (Wildman–Crippen LogP) is 4.26. The molecule has 2 N–H and O–H groups in total. The molecule has 22 heavy (non-hydrogen) atoms. The number of benzene rings is 1. The van der Waals surface area contributed by atoms with Crippen LogP contribution in [0.3, 0.4) is 0 Å². The molecule has 0 aromatic heterocycles. The number of hydrogen-bond donors (Lipinski definition) is 2. The van der Waals surface area contributed by atoms with Crippen LogP contribution in [0.25, 0.3) is 0 Å². The molecule has 2 rings (SSSR count). The highest BCUT2D eigenvalue weighted by Crippen LogP contribution is 2.45. The van der Waals surface area contributed by atoms with Gasteiger partial charge in [-0.05, 0) is 48.1 Å². The molecule has 4 nitrogen and oxygen atoms in total. The number of carboxylic acid groups (broad SMARTS) is 2. The standard InChI is InChI=1S/C18H24O4/c1-10(2)12-8-7-11(3)9-15(12)13-5-4-6-14(17(19)20)16(13)18(21)22/h4-6,10-12,15H,7-9H2,1-3H3,(H,19,20)(H,21,22)/t11-,12?,15?/m0/s1. The lowest BCUT2D eigenvalue weighted by Gasteiger charge is -2.38. The predicted molar refractivity (Wildman–Crippen MR) is 84.4 cm³/mol. The molecule has 120 valence electrons. The second-order valence-corrected chi connectivity index (χ2v) is 6.81. The molecule has 0 heterocycles. The molecule has 0 radical (unpaired) electrons. The van der Waals surface area contributed by atoms with Crippen LogP contribution in [0.15, 0.2) is 18.2 Å². The summed E-state index contributed by atoms with van der Waals surface area (Å²) in [6.45, 7) is 6.51. The summed E-state index contributed by atoms with van der Waals surface area (Å²) < 4.78 is 0. The molecule has 0 aliphatic heterocycles. The van der Waals surface area contributed by atoms with Crippen molar-refractivity contribution in [2.45, 2.75) is 46.0 Å². The average molecular weight is 304 g/mol. The third-order valence-electron chi connectivity index (χ3n) is 4.96. The van der Waals surface area contributed by atoms with Crippen LogP contribution in [0.4, 0.5) is 0 Å². The van der Waals surface area contributed by atoms with Crippen LogP contribution in [0.2, 0.25) is 0 Å². The zero-order valence-corrected chi connectivity index (χ0v) is 13.4. The van der Waals surface area contributed by atoms with Gasteiger partial charge in [-0.25, -0.2) is 9.59 Å². The fourth-order valence-corrected chi connectivity index (χ4v) is 3.86. The van der Waals surface area contributed by atoms with Crippen molar-refractivity contribution in [1.82, 2.24) is 0 Å². The van der Waals surface area contributed by atoms with Crippen LogP contribution in [-0.2, 0) is 0 Å². The minimum atomic E-state index is -1.18. The summed E-state index contributed by atoms with van der Waals surface area (Å²) in [5.41, 5.74) is 0.558. The van der Waals surface area contributed by atoms with Crippen molar-refractivity contribution in [3.05, 3.63) is 34.9 Å². The van der Waals surface area contributed by atoms with Gasteiger partial charge in [-0.3, -0.25) is 0 Å². The summed E-state index contributed by atoms with van der Waals surface area (Å²) in [6, 6.07) is 4.85. The van der Waals surface area contributed by atoms with Crippen LogP contribution in [0.5, 0.6) is 0 Å². The van der Waals surface area contributed by atoms with Gasteiger partial charge in [-0.2, -0.15) is 0 Å². The summed E-state index contributed by atoms with van der Waals surface area (Å²) in [7, 11) is 0. The van der Waals surface area contributed by atoms with Crippen LogP contribution in [0, 0.1) is 17.8 Å². The van der Waals surface area contributed by atoms with E-state index in [0.717, 1.165) is 19.3 Å². The van der Waals surface area contributed by atoms with Crippen LogP contribution >= 0.6 is 0 Å². The molecular weight excluding hydrogens is 280 g/mol. The van der Waals surface area contributed by atoms with E-state index >= 15 is 0 Å². The first-order chi connectivity index (χ1) is 10.3. The minimum Gasteiger partial charge on any atom is -0.478 e. The summed E-state index contributed by atoms with van der Waals surface area (Å²) in [6.07, 6.45) is 3.15. The van der Waals surface area contributed by atoms with Crippen molar-refractivity contribution in [2.75, 3.05) is 0 Å². The van der Waals surface area contributed by atoms with E-state index in [1.807, 2.05) is 0 Å². The summed E-state index contributed by atoms with van der Waals surface area (Å²) in [4.78, 5) is 23.1. The van der Waals surface area contributed by atoms with Crippen molar-refractivity contribution in [2.24, 2.45) is 17.8 Å². The first-order valence-corrected chi connectivity index (χ1v) is 7.92. The Bertz CT molecular complexity index is 576. The van der Waals surface area contributed by atoms with E-state index < -0.39 is 11.9 Å². The summed E-state index contributed by atoms with van der Waals surface area (Å²) in [5.74, 6) is -0.812. The summed E-state index contributed by atoms with van der Waals surface area (Å²) in [5, 5.41) is 18.9. The lowest BCUT2D eigenvalue weighted by molar-refractivity contribution is 0.0648. The van der Waals surface area contributed by atoms with E-state index in [1.54, 1.807) is 12.1 Å². The molecular formula is C18H24O4. The van der Waals surface area contributed by atoms with Gasteiger partial charge in [-0.15, -0.1) is 0 Å². The Hall–Kier alpha value is -1.84. The van der Waals surface area contributed by atoms with E-state index in [9.17, 15) is 19.8 Å². The largest absolute Gasteiger partial charge is 0.478 e. The number of rotatable bonds is 4. The van der Waals surface area contributed by atoms with Gasteiger partial charge < -0.3 is 10.2 Å². The Labute approximate surface area is 131 Å². The van der Waals surface area contributed by atoms with E-state index in [1.165, 1.54) is 6.07 Å². The van der Waals surface area contributed by atoms with Gasteiger partial charge in [-0.1, -0.05) is 39.3 Å². The summed E-state index contributed by atoms with van der Waals surface area (Å²) >= 11 is 0. The number of carboxylic acids is 2. The van der Waals surface area contributed by atoms with E-state index in [0.29, 0.717) is 23.3 Å². The Morgan fingerprint density at radius 1 is 1.14 bits per heavy atom. The third kappa shape index (κ3) is 3.16. The minimum absolute atomic E-state index is 0.0280. The third-order valence-corrected chi connectivity index (χ3v) is 4.96. The number of aromatic carboxylic acids is 2. The Kier molecular flexibility index (Phi) is 4.89. The van der Waals surface area contributed by atoms with Crippen LogP contribution in [0.1, 0.15) is 72.2 Å². The maximum absolute atomic E-state index is 11.7. The molecule has 1 aliphatic rings. The van der Waals surface area contributed by atoms with Crippen LogP contribution < -0.4 is 0 Å².